The van der Waals surface area contributed by atoms with E-state index in [0.717, 1.165) is 38.4 Å². The van der Waals surface area contributed by atoms with Crippen molar-refractivity contribution in [2.75, 3.05) is 20.2 Å². The van der Waals surface area contributed by atoms with Crippen molar-refractivity contribution in [1.29, 1.82) is 0 Å². The van der Waals surface area contributed by atoms with E-state index < -0.39 is 35.6 Å². The Labute approximate surface area is 254 Å². The zero-order valence-corrected chi connectivity index (χ0v) is 24.4. The van der Waals surface area contributed by atoms with E-state index in [1.165, 1.54) is 30.5 Å². The molecule has 3 aromatic rings. The zero-order chi connectivity index (χ0) is 31.5. The molecule has 0 saturated carbocycles. The highest BCUT2D eigenvalue weighted by molar-refractivity contribution is 8.18. The van der Waals surface area contributed by atoms with Crippen LogP contribution in [0.5, 0.6) is 11.5 Å². The fourth-order valence-electron chi connectivity index (χ4n) is 5.15. The Morgan fingerprint density at radius 3 is 2.32 bits per heavy atom. The van der Waals surface area contributed by atoms with Crippen LogP contribution in [0.4, 0.5) is 26.3 Å². The van der Waals surface area contributed by atoms with Gasteiger partial charge >= 0.3 is 12.4 Å². The van der Waals surface area contributed by atoms with Crippen molar-refractivity contribution in [1.82, 2.24) is 4.90 Å². The van der Waals surface area contributed by atoms with E-state index in [2.05, 4.69) is 22.0 Å². The zero-order valence-electron chi connectivity index (χ0n) is 23.5. The molecule has 1 fully saturated rings. The van der Waals surface area contributed by atoms with E-state index in [1.807, 2.05) is 18.2 Å². The van der Waals surface area contributed by atoms with Crippen molar-refractivity contribution >= 4 is 28.9 Å². The monoisotopic (exact) mass is 634 g/mol. The molecular weight excluding hydrogens is 606 g/mol. The predicted molar refractivity (Wildman–Crippen MR) is 156 cm³/mol. The Balaban J connectivity index is 1.22. The normalized spacial score (nSPS) is 17.2. The number of amidine groups is 1. The molecule has 12 heteroatoms. The number of likely N-dealkylation sites (tertiary alicyclic amines) is 1. The van der Waals surface area contributed by atoms with Gasteiger partial charge in [0, 0.05) is 18.7 Å². The Morgan fingerprint density at radius 1 is 0.932 bits per heavy atom. The quantitative estimate of drug-likeness (QED) is 0.194. The fraction of sp³-hybridized carbons (Fsp3) is 0.312. The summed E-state index contributed by atoms with van der Waals surface area (Å²) in [4.78, 5) is 19.5. The molecule has 5 nitrogen and oxygen atoms in total. The lowest BCUT2D eigenvalue weighted by Crippen LogP contribution is -2.37. The summed E-state index contributed by atoms with van der Waals surface area (Å²) in [5.74, 6) is 0.469. The van der Waals surface area contributed by atoms with Crippen LogP contribution >= 0.6 is 11.8 Å². The summed E-state index contributed by atoms with van der Waals surface area (Å²) in [6, 6.07) is 16.4. The number of hydrogen-bond acceptors (Lipinski definition) is 5. The van der Waals surface area contributed by atoms with Gasteiger partial charge in [-0.15, -0.1) is 0 Å². The smallest absolute Gasteiger partial charge is 0.416 e. The first-order chi connectivity index (χ1) is 20.9. The predicted octanol–water partition coefficient (Wildman–Crippen LogP) is 8.24. The fourth-order valence-corrected chi connectivity index (χ4v) is 6.12. The van der Waals surface area contributed by atoms with Gasteiger partial charge in [0.25, 0.3) is 5.91 Å². The number of thioether (sulfide) groups is 1. The first-order valence-electron chi connectivity index (χ1n) is 13.8. The Morgan fingerprint density at radius 2 is 1.66 bits per heavy atom. The van der Waals surface area contributed by atoms with Crippen LogP contribution in [0.25, 0.3) is 6.08 Å². The highest BCUT2D eigenvalue weighted by Gasteiger charge is 2.38. The molecule has 0 radical (unpaired) electrons. The van der Waals surface area contributed by atoms with Gasteiger partial charge < -0.3 is 14.4 Å². The van der Waals surface area contributed by atoms with Crippen molar-refractivity contribution in [2.24, 2.45) is 10.9 Å². The minimum atomic E-state index is -5.01. The van der Waals surface area contributed by atoms with Gasteiger partial charge in [0.2, 0.25) is 0 Å². The van der Waals surface area contributed by atoms with Gasteiger partial charge in [-0.2, -0.15) is 31.3 Å². The summed E-state index contributed by atoms with van der Waals surface area (Å²) in [6.07, 6.45) is -5.26. The topological polar surface area (TPSA) is 51.1 Å². The third kappa shape index (κ3) is 7.58. The van der Waals surface area contributed by atoms with Gasteiger partial charge in [-0.05, 0) is 78.4 Å². The molecule has 1 amide bonds. The average Bonchev–Trinajstić information content (AvgIpc) is 3.35. The van der Waals surface area contributed by atoms with E-state index in [9.17, 15) is 31.1 Å². The molecule has 0 bridgehead atoms. The van der Waals surface area contributed by atoms with Gasteiger partial charge in [-0.1, -0.05) is 42.5 Å². The number of rotatable bonds is 7. The largest absolute Gasteiger partial charge is 0.493 e. The highest BCUT2D eigenvalue weighted by atomic mass is 32.2. The summed E-state index contributed by atoms with van der Waals surface area (Å²) in [7, 11) is 1.34. The third-order valence-corrected chi connectivity index (χ3v) is 8.52. The molecule has 0 atom stereocenters. The number of hydrogen-bond donors (Lipinski definition) is 0. The van der Waals surface area contributed by atoms with Crippen LogP contribution < -0.4 is 9.47 Å². The molecule has 0 spiro atoms. The SMILES string of the molecule is COc1cc(/C=C2/SC(N3CCC(Cc4ccccc4)CC3)=NC2=O)ccc1OCc1ccc(C(F)(F)F)cc1C(F)(F)F. The minimum absolute atomic E-state index is 0.0742. The van der Waals surface area contributed by atoms with Crippen molar-refractivity contribution in [2.45, 2.75) is 38.2 Å². The summed E-state index contributed by atoms with van der Waals surface area (Å²) in [5.41, 5.74) is -1.39. The van der Waals surface area contributed by atoms with E-state index >= 15 is 0 Å². The van der Waals surface area contributed by atoms with E-state index in [4.69, 9.17) is 9.47 Å². The molecule has 44 heavy (non-hydrogen) atoms. The lowest BCUT2D eigenvalue weighted by atomic mass is 9.90. The minimum Gasteiger partial charge on any atom is -0.493 e. The molecule has 2 aliphatic heterocycles. The maximum Gasteiger partial charge on any atom is 0.416 e. The van der Waals surface area contributed by atoms with Crippen LogP contribution in [-0.2, 0) is 30.2 Å². The first-order valence-corrected chi connectivity index (χ1v) is 14.6. The van der Waals surface area contributed by atoms with Gasteiger partial charge in [0.15, 0.2) is 16.7 Å². The molecule has 0 aliphatic carbocycles. The first kappa shape index (κ1) is 31.5. The van der Waals surface area contributed by atoms with Gasteiger partial charge in [-0.3, -0.25) is 4.79 Å². The summed E-state index contributed by atoms with van der Waals surface area (Å²) in [5, 5.41) is 0.656. The number of carbonyl (C=O) groups excluding carboxylic acids is 1. The standard InChI is InChI=1S/C32H28F6N2O3S/c1-42-27-16-22(7-10-26(27)43-19-23-8-9-24(31(33,34)35)18-25(23)32(36,37)38)17-28-29(41)39-30(44-28)40-13-11-21(12-14-40)15-20-5-3-2-4-6-20/h2-10,16-18,21H,11-15,19H2,1H3/b28-17+. The molecular formula is C32H28F6N2O3S. The van der Waals surface area contributed by atoms with Crippen LogP contribution in [0.1, 0.15) is 40.7 Å². The van der Waals surface area contributed by atoms with Crippen LogP contribution in [-0.4, -0.2) is 36.2 Å². The second-order valence-electron chi connectivity index (χ2n) is 10.5. The summed E-state index contributed by atoms with van der Waals surface area (Å²) in [6.45, 7) is 0.967. The second kappa shape index (κ2) is 13.0. The number of ether oxygens (including phenoxy) is 2. The van der Waals surface area contributed by atoms with E-state index in [0.29, 0.717) is 27.6 Å². The number of aliphatic imine (C=N–C) groups is 1. The highest BCUT2D eigenvalue weighted by Crippen LogP contribution is 2.39. The number of carbonyl (C=O) groups is 1. The molecule has 3 aromatic carbocycles. The van der Waals surface area contributed by atoms with Crippen molar-refractivity contribution < 1.29 is 40.6 Å². The number of amides is 1. The summed E-state index contributed by atoms with van der Waals surface area (Å²) < 4.78 is 90.4. The molecule has 0 aromatic heterocycles. The Hall–Kier alpha value is -3.93. The van der Waals surface area contributed by atoms with E-state index in [1.54, 1.807) is 18.2 Å². The Bertz CT molecular complexity index is 1560. The van der Waals surface area contributed by atoms with Crippen LogP contribution in [0.15, 0.2) is 76.6 Å². The van der Waals surface area contributed by atoms with Gasteiger partial charge in [-0.25, -0.2) is 0 Å². The van der Waals surface area contributed by atoms with E-state index in [-0.39, 0.29) is 23.5 Å². The number of nitrogens with zero attached hydrogens (tertiary/aromatic N) is 2. The lowest BCUT2D eigenvalue weighted by molar-refractivity contribution is -0.143. The van der Waals surface area contributed by atoms with Crippen LogP contribution in [0.2, 0.25) is 0 Å². The maximum atomic E-state index is 13.5. The molecule has 1 saturated heterocycles. The number of benzene rings is 3. The second-order valence-corrected chi connectivity index (χ2v) is 11.5. The third-order valence-electron chi connectivity index (χ3n) is 7.47. The number of alkyl halides is 6. The molecule has 232 valence electrons. The van der Waals surface area contributed by atoms with Crippen LogP contribution in [0, 0.1) is 5.92 Å². The molecule has 5 rings (SSSR count). The van der Waals surface area contributed by atoms with Crippen molar-refractivity contribution in [3.63, 3.8) is 0 Å². The van der Waals surface area contributed by atoms with Crippen LogP contribution in [0.3, 0.4) is 0 Å². The number of halogens is 6. The Kier molecular flexibility index (Phi) is 9.28. The molecule has 0 unspecified atom stereocenters. The molecule has 2 heterocycles. The lowest BCUT2D eigenvalue weighted by Gasteiger charge is -2.32. The maximum absolute atomic E-state index is 13.5. The number of methoxy groups -OCH3 is 1. The molecule has 2 aliphatic rings. The van der Waals surface area contributed by atoms with Crippen molar-refractivity contribution in [3.8, 4) is 11.5 Å². The van der Waals surface area contributed by atoms with Gasteiger partial charge in [0.05, 0.1) is 23.1 Å². The molecule has 0 N–H and O–H groups in total. The summed E-state index contributed by atoms with van der Waals surface area (Å²) >= 11 is 1.29. The average molecular weight is 635 g/mol. The van der Waals surface area contributed by atoms with Gasteiger partial charge in [0.1, 0.15) is 6.61 Å². The van der Waals surface area contributed by atoms with Crippen molar-refractivity contribution in [3.05, 3.63) is 99.5 Å². The number of piperidine rings is 1.